The van der Waals surface area contributed by atoms with Crippen molar-refractivity contribution in [2.75, 3.05) is 12.5 Å². The normalized spacial score (nSPS) is 12.2. The first kappa shape index (κ1) is 19.0. The fourth-order valence-corrected chi connectivity index (χ4v) is 1.96. The summed E-state index contributed by atoms with van der Waals surface area (Å²) in [6.45, 7) is 0. The topological polar surface area (TPSA) is 89.1 Å². The maximum Gasteiger partial charge on any atom is 0.416 e. The van der Waals surface area contributed by atoms with Crippen LogP contribution in [0.4, 0.5) is 18.9 Å². The van der Waals surface area contributed by atoms with Crippen molar-refractivity contribution in [1.29, 1.82) is 0 Å². The summed E-state index contributed by atoms with van der Waals surface area (Å²) in [6, 6.07) is 10.5. The molecule has 6 nitrogen and oxygen atoms in total. The molecule has 26 heavy (non-hydrogen) atoms. The van der Waals surface area contributed by atoms with Gasteiger partial charge in [0.25, 0.3) is 0 Å². The molecular formula is C17H15F3N4O2. The van der Waals surface area contributed by atoms with Crippen molar-refractivity contribution in [3.05, 3.63) is 59.7 Å². The number of ether oxygens (including phenoxy) is 1. The van der Waals surface area contributed by atoms with Crippen LogP contribution in [0.5, 0.6) is 5.75 Å². The highest BCUT2D eigenvalue weighted by Gasteiger charge is 2.29. The number of hydrogen-bond donors (Lipinski definition) is 2. The lowest BCUT2D eigenvalue weighted by molar-refractivity contribution is -0.137. The summed E-state index contributed by atoms with van der Waals surface area (Å²) in [4.78, 5) is 12.4. The molecule has 0 radical (unpaired) electrons. The van der Waals surface area contributed by atoms with E-state index in [1.807, 2.05) is 0 Å². The van der Waals surface area contributed by atoms with Crippen LogP contribution in [-0.2, 0) is 6.18 Å². The van der Waals surface area contributed by atoms with E-state index in [1.54, 1.807) is 24.3 Å². The molecule has 0 fully saturated rings. The molecule has 0 aliphatic rings. The van der Waals surface area contributed by atoms with Crippen molar-refractivity contribution in [3.63, 3.8) is 0 Å². The average molecular weight is 364 g/mol. The van der Waals surface area contributed by atoms with Gasteiger partial charge in [-0.15, -0.1) is 0 Å². The van der Waals surface area contributed by atoms with Gasteiger partial charge in [-0.3, -0.25) is 10.2 Å². The summed E-state index contributed by atoms with van der Waals surface area (Å²) in [6.07, 6.45) is -3.38. The molecule has 9 heteroatoms. The number of ketones is 1. The molecule has 0 saturated carbocycles. The van der Waals surface area contributed by atoms with E-state index < -0.39 is 17.5 Å². The molecule has 2 rings (SSSR count). The summed E-state index contributed by atoms with van der Waals surface area (Å²) in [7, 11) is 1.50. The minimum Gasteiger partial charge on any atom is -0.497 e. The summed E-state index contributed by atoms with van der Waals surface area (Å²) in [5.74, 6) is 5.20. The van der Waals surface area contributed by atoms with Crippen molar-refractivity contribution in [2.45, 2.75) is 6.18 Å². The first-order chi connectivity index (χ1) is 12.3. The summed E-state index contributed by atoms with van der Waals surface area (Å²) >= 11 is 0. The molecule has 0 unspecified atom stereocenters. The van der Waals surface area contributed by atoms with Crippen LogP contribution in [0.25, 0.3) is 0 Å². The number of halogens is 3. The van der Waals surface area contributed by atoms with Crippen molar-refractivity contribution in [2.24, 2.45) is 16.0 Å². The highest BCUT2D eigenvalue weighted by atomic mass is 19.4. The predicted molar refractivity (Wildman–Crippen MR) is 92.5 cm³/mol. The van der Waals surface area contributed by atoms with Gasteiger partial charge < -0.3 is 10.6 Å². The zero-order chi connectivity index (χ0) is 19.2. The number of hydrazone groups is 2. The molecular weight excluding hydrogens is 349 g/mol. The van der Waals surface area contributed by atoms with Crippen LogP contribution in [0.2, 0.25) is 0 Å². The molecule has 0 bridgehead atoms. The largest absolute Gasteiger partial charge is 0.497 e. The van der Waals surface area contributed by atoms with Crippen LogP contribution in [0, 0.1) is 0 Å². The van der Waals surface area contributed by atoms with E-state index in [0.29, 0.717) is 11.3 Å². The van der Waals surface area contributed by atoms with Crippen LogP contribution in [0.15, 0.2) is 58.7 Å². The monoisotopic (exact) mass is 364 g/mol. The third-order valence-electron chi connectivity index (χ3n) is 3.30. The highest BCUT2D eigenvalue weighted by Crippen LogP contribution is 2.29. The van der Waals surface area contributed by atoms with Gasteiger partial charge in [-0.2, -0.15) is 23.4 Å². The van der Waals surface area contributed by atoms with E-state index in [-0.39, 0.29) is 11.4 Å². The molecule has 0 spiro atoms. The number of carbonyl (C=O) groups excluding carboxylic acids is 1. The van der Waals surface area contributed by atoms with E-state index in [0.717, 1.165) is 18.3 Å². The lowest BCUT2D eigenvalue weighted by Gasteiger charge is -2.08. The van der Waals surface area contributed by atoms with Gasteiger partial charge in [0.1, 0.15) is 5.75 Å². The molecule has 3 N–H and O–H groups in total. The molecule has 0 aliphatic carbocycles. The summed E-state index contributed by atoms with van der Waals surface area (Å²) in [5, 5.41) is 7.15. The lowest BCUT2D eigenvalue weighted by atomic mass is 10.1. The summed E-state index contributed by atoms with van der Waals surface area (Å²) < 4.78 is 42.7. The second-order valence-electron chi connectivity index (χ2n) is 5.02. The Morgan fingerprint density at radius 1 is 1.12 bits per heavy atom. The van der Waals surface area contributed by atoms with Gasteiger partial charge in [-0.25, -0.2) is 0 Å². The van der Waals surface area contributed by atoms with Gasteiger partial charge in [0.15, 0.2) is 5.71 Å². The van der Waals surface area contributed by atoms with Gasteiger partial charge in [-0.1, -0.05) is 0 Å². The number of nitrogens with zero attached hydrogens (tertiary/aromatic N) is 2. The van der Waals surface area contributed by atoms with E-state index in [9.17, 15) is 18.0 Å². The van der Waals surface area contributed by atoms with Crippen LogP contribution in [0.3, 0.4) is 0 Å². The van der Waals surface area contributed by atoms with E-state index in [2.05, 4.69) is 15.6 Å². The Morgan fingerprint density at radius 3 is 2.23 bits per heavy atom. The zero-order valence-electron chi connectivity index (χ0n) is 13.6. The Hall–Kier alpha value is -3.36. The number of nitrogens with one attached hydrogen (secondary N) is 1. The van der Waals surface area contributed by atoms with Gasteiger partial charge >= 0.3 is 6.18 Å². The van der Waals surface area contributed by atoms with E-state index >= 15 is 0 Å². The van der Waals surface area contributed by atoms with Crippen molar-refractivity contribution >= 4 is 23.4 Å². The number of hydrogen-bond acceptors (Lipinski definition) is 6. The van der Waals surface area contributed by atoms with Crippen molar-refractivity contribution in [1.82, 2.24) is 0 Å². The first-order valence-corrected chi connectivity index (χ1v) is 7.28. The van der Waals surface area contributed by atoms with Gasteiger partial charge in [0, 0.05) is 5.56 Å². The van der Waals surface area contributed by atoms with Gasteiger partial charge in [0.05, 0.1) is 24.6 Å². The van der Waals surface area contributed by atoms with Gasteiger partial charge in [0.2, 0.25) is 5.78 Å². The van der Waals surface area contributed by atoms with E-state index in [4.69, 9.17) is 10.6 Å². The molecule has 0 amide bonds. The maximum absolute atomic E-state index is 12.5. The Bertz CT molecular complexity index is 813. The number of benzene rings is 2. The number of Topliss-reactive ketones (excluding diaryl/α,β-unsaturated/α-hetero) is 1. The number of methoxy groups -OCH3 is 1. The van der Waals surface area contributed by atoms with Crippen molar-refractivity contribution < 1.29 is 22.7 Å². The van der Waals surface area contributed by atoms with Crippen LogP contribution >= 0.6 is 0 Å². The molecule has 0 heterocycles. The van der Waals surface area contributed by atoms with Crippen molar-refractivity contribution in [3.8, 4) is 5.75 Å². The molecule has 2 aromatic carbocycles. The second kappa shape index (κ2) is 8.15. The Labute approximate surface area is 147 Å². The third kappa shape index (κ3) is 4.82. The Morgan fingerprint density at radius 2 is 1.73 bits per heavy atom. The van der Waals surface area contributed by atoms with Gasteiger partial charge in [-0.05, 0) is 48.5 Å². The standard InChI is InChI=1S/C17H15F3N4O2/c1-26-14-8-2-11(3-9-14)16(25)15(10-22-21)24-23-13-6-4-12(5-7-13)17(18,19)20/h2-10,23H,21H2,1H3/b22-10+,24-15+. The Kier molecular flexibility index (Phi) is 5.94. The zero-order valence-corrected chi connectivity index (χ0v) is 13.6. The average Bonchev–Trinajstić information content (AvgIpc) is 2.64. The van der Waals surface area contributed by atoms with Crippen LogP contribution in [-0.4, -0.2) is 24.8 Å². The third-order valence-corrected chi connectivity index (χ3v) is 3.30. The van der Waals surface area contributed by atoms with Crippen LogP contribution in [0.1, 0.15) is 15.9 Å². The van der Waals surface area contributed by atoms with Crippen LogP contribution < -0.4 is 16.0 Å². The smallest absolute Gasteiger partial charge is 0.416 e. The first-order valence-electron chi connectivity index (χ1n) is 7.28. The minimum absolute atomic E-state index is 0.113. The molecule has 136 valence electrons. The van der Waals surface area contributed by atoms with E-state index in [1.165, 1.54) is 19.2 Å². The minimum atomic E-state index is -4.43. The SMILES string of the molecule is COc1ccc(C(=O)C(/C=N/N)=N/Nc2ccc(C(F)(F)F)cc2)cc1. The maximum atomic E-state index is 12.5. The number of alkyl halides is 3. The molecule has 0 aliphatic heterocycles. The molecule has 0 atom stereocenters. The molecule has 0 saturated heterocycles. The highest BCUT2D eigenvalue weighted by molar-refractivity contribution is 6.64. The number of rotatable bonds is 6. The molecule has 0 aromatic heterocycles. The Balaban J connectivity index is 2.19. The predicted octanol–water partition coefficient (Wildman–Crippen LogP) is 3.31. The number of nitrogens with two attached hydrogens (primary N) is 1. The quantitative estimate of drug-likeness (QED) is 0.356. The summed E-state index contributed by atoms with van der Waals surface area (Å²) in [5.41, 5.74) is 2.19. The number of anilines is 1. The second-order valence-corrected chi connectivity index (χ2v) is 5.02. The fourth-order valence-electron chi connectivity index (χ4n) is 1.96. The lowest BCUT2D eigenvalue weighted by Crippen LogP contribution is -2.18. The number of carbonyl (C=O) groups is 1. The molecule has 2 aromatic rings. The fraction of sp³-hybridized carbons (Fsp3) is 0.118.